The molecule has 0 fully saturated rings. The Balaban J connectivity index is 1.88. The SMILES string of the molecule is Cc1cc(C)nc(SCC(=O)N(C)Cc2ccc(C)o2)n1. The minimum Gasteiger partial charge on any atom is -0.464 e. The molecule has 112 valence electrons. The maximum atomic E-state index is 12.1. The van der Waals surface area contributed by atoms with Crippen LogP contribution < -0.4 is 0 Å². The van der Waals surface area contributed by atoms with Gasteiger partial charge in [0.05, 0.1) is 12.3 Å². The van der Waals surface area contributed by atoms with E-state index in [9.17, 15) is 4.79 Å². The lowest BCUT2D eigenvalue weighted by Gasteiger charge is -2.15. The second-order valence-electron chi connectivity index (χ2n) is 4.98. The second kappa shape index (κ2) is 6.76. The number of aryl methyl sites for hydroxylation is 3. The van der Waals surface area contributed by atoms with E-state index < -0.39 is 0 Å². The molecular formula is C15H19N3O2S. The van der Waals surface area contributed by atoms with Crippen molar-refractivity contribution < 1.29 is 9.21 Å². The molecule has 0 saturated carbocycles. The Morgan fingerprint density at radius 2 is 1.90 bits per heavy atom. The summed E-state index contributed by atoms with van der Waals surface area (Å²) in [5.41, 5.74) is 1.83. The fraction of sp³-hybridized carbons (Fsp3) is 0.400. The zero-order valence-electron chi connectivity index (χ0n) is 12.7. The van der Waals surface area contributed by atoms with Crippen LogP contribution in [-0.4, -0.2) is 33.6 Å². The molecule has 6 heteroatoms. The molecule has 0 N–H and O–H groups in total. The summed E-state index contributed by atoms with van der Waals surface area (Å²) in [5, 5.41) is 0.642. The van der Waals surface area contributed by atoms with Crippen LogP contribution >= 0.6 is 11.8 Å². The molecule has 2 rings (SSSR count). The van der Waals surface area contributed by atoms with Crippen LogP contribution in [-0.2, 0) is 11.3 Å². The van der Waals surface area contributed by atoms with Crippen molar-refractivity contribution >= 4 is 17.7 Å². The third kappa shape index (κ3) is 4.60. The molecule has 21 heavy (non-hydrogen) atoms. The molecule has 0 aliphatic heterocycles. The van der Waals surface area contributed by atoms with Gasteiger partial charge < -0.3 is 9.32 Å². The molecule has 0 bridgehead atoms. The van der Waals surface area contributed by atoms with E-state index in [1.807, 2.05) is 39.0 Å². The van der Waals surface area contributed by atoms with Crippen molar-refractivity contribution in [1.82, 2.24) is 14.9 Å². The van der Waals surface area contributed by atoms with E-state index in [4.69, 9.17) is 4.42 Å². The lowest BCUT2D eigenvalue weighted by atomic mass is 10.4. The summed E-state index contributed by atoms with van der Waals surface area (Å²) in [4.78, 5) is 22.4. The van der Waals surface area contributed by atoms with Crippen LogP contribution in [0.5, 0.6) is 0 Å². The lowest BCUT2D eigenvalue weighted by molar-refractivity contribution is -0.127. The van der Waals surface area contributed by atoms with Gasteiger partial charge in [0, 0.05) is 18.4 Å². The van der Waals surface area contributed by atoms with Crippen LogP contribution in [0.3, 0.4) is 0 Å². The van der Waals surface area contributed by atoms with Crippen LogP contribution in [0.2, 0.25) is 0 Å². The molecule has 0 unspecified atom stereocenters. The number of rotatable bonds is 5. The van der Waals surface area contributed by atoms with Crippen LogP contribution in [0.15, 0.2) is 27.8 Å². The van der Waals surface area contributed by atoms with Gasteiger partial charge in [0.15, 0.2) is 5.16 Å². The van der Waals surface area contributed by atoms with E-state index >= 15 is 0 Å². The quantitative estimate of drug-likeness (QED) is 0.628. The number of carbonyl (C=O) groups is 1. The Bertz CT molecular complexity index is 619. The minimum absolute atomic E-state index is 0.0248. The topological polar surface area (TPSA) is 59.2 Å². The number of aromatic nitrogens is 2. The van der Waals surface area contributed by atoms with E-state index in [2.05, 4.69) is 9.97 Å². The van der Waals surface area contributed by atoms with Gasteiger partial charge in [0.2, 0.25) is 5.91 Å². The predicted octanol–water partition coefficient (Wildman–Crippen LogP) is 2.75. The normalized spacial score (nSPS) is 10.7. The highest BCUT2D eigenvalue weighted by Crippen LogP contribution is 2.15. The summed E-state index contributed by atoms with van der Waals surface area (Å²) in [6.45, 7) is 6.21. The van der Waals surface area contributed by atoms with Crippen molar-refractivity contribution in [2.45, 2.75) is 32.5 Å². The smallest absolute Gasteiger partial charge is 0.233 e. The summed E-state index contributed by atoms with van der Waals surface area (Å²) in [5.74, 6) is 1.98. The van der Waals surface area contributed by atoms with Crippen molar-refractivity contribution in [1.29, 1.82) is 0 Å². The zero-order valence-corrected chi connectivity index (χ0v) is 13.5. The molecule has 0 aromatic carbocycles. The number of thioether (sulfide) groups is 1. The fourth-order valence-corrected chi connectivity index (χ4v) is 2.78. The molecule has 2 aromatic heterocycles. The van der Waals surface area contributed by atoms with Gasteiger partial charge in [-0.3, -0.25) is 4.79 Å². The number of nitrogens with zero attached hydrogens (tertiary/aromatic N) is 3. The van der Waals surface area contributed by atoms with Crippen LogP contribution in [0.1, 0.15) is 22.9 Å². The lowest BCUT2D eigenvalue weighted by Crippen LogP contribution is -2.27. The van der Waals surface area contributed by atoms with Gasteiger partial charge in [-0.15, -0.1) is 0 Å². The number of furan rings is 1. The molecule has 0 aliphatic carbocycles. The summed E-state index contributed by atoms with van der Waals surface area (Å²) in [7, 11) is 1.77. The third-order valence-corrected chi connectivity index (χ3v) is 3.73. The average Bonchev–Trinajstić information content (AvgIpc) is 2.80. The van der Waals surface area contributed by atoms with E-state index in [-0.39, 0.29) is 5.91 Å². The highest BCUT2D eigenvalue weighted by molar-refractivity contribution is 7.99. The third-order valence-electron chi connectivity index (χ3n) is 2.90. The van der Waals surface area contributed by atoms with Gasteiger partial charge in [-0.05, 0) is 39.0 Å². The first-order valence-corrected chi connectivity index (χ1v) is 7.67. The molecule has 1 amide bonds. The van der Waals surface area contributed by atoms with Gasteiger partial charge in [0.1, 0.15) is 11.5 Å². The zero-order chi connectivity index (χ0) is 15.4. The fourth-order valence-electron chi connectivity index (χ4n) is 1.89. The maximum absolute atomic E-state index is 12.1. The minimum atomic E-state index is 0.0248. The molecule has 2 aromatic rings. The maximum Gasteiger partial charge on any atom is 0.233 e. The van der Waals surface area contributed by atoms with E-state index in [0.29, 0.717) is 17.5 Å². The Kier molecular flexibility index (Phi) is 5.01. The number of carbonyl (C=O) groups excluding carboxylic acids is 1. The Morgan fingerprint density at radius 3 is 2.48 bits per heavy atom. The highest BCUT2D eigenvalue weighted by Gasteiger charge is 2.12. The van der Waals surface area contributed by atoms with Crippen molar-refractivity contribution in [2.24, 2.45) is 0 Å². The molecule has 0 spiro atoms. The molecule has 0 saturated heterocycles. The van der Waals surface area contributed by atoms with E-state index in [0.717, 1.165) is 22.9 Å². The van der Waals surface area contributed by atoms with Crippen molar-refractivity contribution in [3.8, 4) is 0 Å². The summed E-state index contributed by atoms with van der Waals surface area (Å²) in [6.07, 6.45) is 0. The first-order valence-electron chi connectivity index (χ1n) is 6.68. The largest absolute Gasteiger partial charge is 0.464 e. The molecule has 0 aliphatic rings. The first kappa shape index (κ1) is 15.6. The van der Waals surface area contributed by atoms with Gasteiger partial charge in [-0.2, -0.15) is 0 Å². The molecule has 5 nitrogen and oxygen atoms in total. The van der Waals surface area contributed by atoms with Crippen molar-refractivity contribution in [3.63, 3.8) is 0 Å². The summed E-state index contributed by atoms with van der Waals surface area (Å²) in [6, 6.07) is 5.70. The van der Waals surface area contributed by atoms with Gasteiger partial charge in [0.25, 0.3) is 0 Å². The van der Waals surface area contributed by atoms with Crippen LogP contribution in [0.25, 0.3) is 0 Å². The predicted molar refractivity (Wildman–Crippen MR) is 82.1 cm³/mol. The van der Waals surface area contributed by atoms with Crippen LogP contribution in [0, 0.1) is 20.8 Å². The first-order chi connectivity index (χ1) is 9.94. The standard InChI is InChI=1S/C15H19N3O2S/c1-10-7-11(2)17-15(16-10)21-9-14(19)18(4)8-13-6-5-12(3)20-13/h5-7H,8-9H2,1-4H3. The van der Waals surface area contributed by atoms with Crippen LogP contribution in [0.4, 0.5) is 0 Å². The number of hydrogen-bond acceptors (Lipinski definition) is 5. The van der Waals surface area contributed by atoms with Crippen molar-refractivity contribution in [2.75, 3.05) is 12.8 Å². The molecule has 0 radical (unpaired) electrons. The monoisotopic (exact) mass is 305 g/mol. The Morgan fingerprint density at radius 1 is 1.24 bits per heavy atom. The molecular weight excluding hydrogens is 286 g/mol. The Labute approximate surface area is 128 Å². The van der Waals surface area contributed by atoms with E-state index in [1.54, 1.807) is 11.9 Å². The van der Waals surface area contributed by atoms with Gasteiger partial charge in [-0.1, -0.05) is 11.8 Å². The van der Waals surface area contributed by atoms with Crippen molar-refractivity contribution in [3.05, 3.63) is 41.1 Å². The Hall–Kier alpha value is -1.82. The van der Waals surface area contributed by atoms with E-state index in [1.165, 1.54) is 11.8 Å². The summed E-state index contributed by atoms with van der Waals surface area (Å²) < 4.78 is 5.47. The van der Waals surface area contributed by atoms with Gasteiger partial charge in [-0.25, -0.2) is 9.97 Å². The molecule has 0 atom stereocenters. The van der Waals surface area contributed by atoms with Gasteiger partial charge >= 0.3 is 0 Å². The number of amides is 1. The molecule has 2 heterocycles. The number of hydrogen-bond donors (Lipinski definition) is 0. The highest BCUT2D eigenvalue weighted by atomic mass is 32.2. The second-order valence-corrected chi connectivity index (χ2v) is 5.93. The average molecular weight is 305 g/mol. The summed E-state index contributed by atoms with van der Waals surface area (Å²) >= 11 is 1.36.